The summed E-state index contributed by atoms with van der Waals surface area (Å²) in [7, 11) is 1.33. The lowest BCUT2D eigenvalue weighted by Gasteiger charge is -2.10. The van der Waals surface area contributed by atoms with Crippen LogP contribution in [0.1, 0.15) is 10.4 Å². The molecule has 0 saturated carbocycles. The summed E-state index contributed by atoms with van der Waals surface area (Å²) < 4.78 is 27.3. The number of amides is 1. The summed E-state index contributed by atoms with van der Waals surface area (Å²) in [5.74, 6) is -3.28. The van der Waals surface area contributed by atoms with Crippen molar-refractivity contribution in [2.24, 2.45) is 7.05 Å². The molecule has 0 unspecified atom stereocenters. The second kappa shape index (κ2) is 5.19. The maximum atomic E-state index is 13.5. The van der Waals surface area contributed by atoms with E-state index >= 15 is 0 Å². The van der Waals surface area contributed by atoms with Crippen LogP contribution in [0.3, 0.4) is 0 Å². The molecule has 0 aliphatic rings. The summed E-state index contributed by atoms with van der Waals surface area (Å²) in [4.78, 5) is 27.5. The Morgan fingerprint density at radius 2 is 2.00 bits per heavy atom. The van der Waals surface area contributed by atoms with E-state index in [2.05, 4.69) is 10.3 Å². The highest BCUT2D eigenvalue weighted by atomic mass is 19.1. The highest BCUT2D eigenvalue weighted by Crippen LogP contribution is 2.15. The summed E-state index contributed by atoms with van der Waals surface area (Å²) >= 11 is 0. The molecule has 0 fully saturated rings. The number of aromatic nitrogens is 2. The Morgan fingerprint density at radius 3 is 2.62 bits per heavy atom. The van der Waals surface area contributed by atoms with Gasteiger partial charge in [-0.2, -0.15) is 4.98 Å². The Kier molecular flexibility index (Phi) is 3.57. The second-order valence-corrected chi connectivity index (χ2v) is 4.17. The molecule has 0 atom stereocenters. The summed E-state index contributed by atoms with van der Waals surface area (Å²) in [5, 5.41) is 2.15. The van der Waals surface area contributed by atoms with Crippen molar-refractivity contribution in [3.8, 4) is 0 Å². The number of hydrogen-bond donors (Lipinski definition) is 3. The smallest absolute Gasteiger partial charge is 0.280 e. The average Bonchev–Trinajstić information content (AvgIpc) is 2.41. The van der Waals surface area contributed by atoms with Gasteiger partial charge in [0.2, 0.25) is 5.95 Å². The topological polar surface area (TPSA) is 116 Å². The van der Waals surface area contributed by atoms with Crippen LogP contribution < -0.4 is 22.3 Å². The van der Waals surface area contributed by atoms with Gasteiger partial charge in [0.05, 0.1) is 5.56 Å². The zero-order chi connectivity index (χ0) is 15.7. The van der Waals surface area contributed by atoms with Gasteiger partial charge in [0.25, 0.3) is 11.5 Å². The minimum absolute atomic E-state index is 0.136. The molecule has 21 heavy (non-hydrogen) atoms. The zero-order valence-corrected chi connectivity index (χ0v) is 10.9. The lowest BCUT2D eigenvalue weighted by atomic mass is 10.2. The van der Waals surface area contributed by atoms with E-state index in [-0.39, 0.29) is 17.5 Å². The van der Waals surface area contributed by atoms with Crippen molar-refractivity contribution < 1.29 is 13.6 Å². The van der Waals surface area contributed by atoms with Gasteiger partial charge in [0.1, 0.15) is 11.6 Å². The minimum Gasteiger partial charge on any atom is -0.382 e. The molecular formula is C12H11F2N5O2. The van der Waals surface area contributed by atoms with Gasteiger partial charge in [0.15, 0.2) is 11.5 Å². The van der Waals surface area contributed by atoms with Crippen LogP contribution in [0.25, 0.3) is 0 Å². The number of nitrogens with two attached hydrogens (primary N) is 2. The molecule has 0 aliphatic heterocycles. The lowest BCUT2D eigenvalue weighted by molar-refractivity contribution is 0.102. The zero-order valence-electron chi connectivity index (χ0n) is 10.9. The van der Waals surface area contributed by atoms with Crippen LogP contribution in [-0.4, -0.2) is 15.5 Å². The number of nitrogen functional groups attached to an aromatic ring is 2. The molecule has 110 valence electrons. The number of anilines is 3. The first-order valence-electron chi connectivity index (χ1n) is 5.69. The van der Waals surface area contributed by atoms with E-state index in [1.807, 2.05) is 0 Å². The van der Waals surface area contributed by atoms with E-state index in [4.69, 9.17) is 11.5 Å². The van der Waals surface area contributed by atoms with Gasteiger partial charge in [-0.25, -0.2) is 8.78 Å². The third-order valence-corrected chi connectivity index (χ3v) is 2.77. The first-order valence-corrected chi connectivity index (χ1v) is 5.69. The maximum Gasteiger partial charge on any atom is 0.280 e. The van der Waals surface area contributed by atoms with Crippen LogP contribution in [-0.2, 0) is 7.05 Å². The van der Waals surface area contributed by atoms with E-state index in [0.29, 0.717) is 6.07 Å². The quantitative estimate of drug-likeness (QED) is 0.745. The van der Waals surface area contributed by atoms with Crippen molar-refractivity contribution in [3.63, 3.8) is 0 Å². The van der Waals surface area contributed by atoms with Crippen molar-refractivity contribution in [1.82, 2.24) is 9.55 Å². The highest BCUT2D eigenvalue weighted by molar-refractivity contribution is 6.05. The van der Waals surface area contributed by atoms with Gasteiger partial charge in [-0.05, 0) is 12.1 Å². The molecule has 1 aromatic carbocycles. The van der Waals surface area contributed by atoms with E-state index in [0.717, 1.165) is 16.7 Å². The Hall–Kier alpha value is -2.97. The Labute approximate surface area is 117 Å². The fourth-order valence-corrected chi connectivity index (χ4v) is 1.61. The Morgan fingerprint density at radius 1 is 1.33 bits per heavy atom. The molecule has 1 heterocycles. The first kappa shape index (κ1) is 14.4. The molecule has 9 heteroatoms. The normalized spacial score (nSPS) is 10.4. The van der Waals surface area contributed by atoms with E-state index in [1.165, 1.54) is 7.05 Å². The van der Waals surface area contributed by atoms with Crippen LogP contribution in [0, 0.1) is 11.6 Å². The van der Waals surface area contributed by atoms with Gasteiger partial charge in [0, 0.05) is 13.1 Å². The van der Waals surface area contributed by atoms with Crippen LogP contribution in [0.5, 0.6) is 0 Å². The fraction of sp³-hybridized carbons (Fsp3) is 0.0833. The largest absolute Gasteiger partial charge is 0.382 e. The second-order valence-electron chi connectivity index (χ2n) is 4.17. The van der Waals surface area contributed by atoms with Crippen molar-refractivity contribution in [1.29, 1.82) is 0 Å². The molecule has 1 amide bonds. The molecule has 0 bridgehead atoms. The summed E-state index contributed by atoms with van der Waals surface area (Å²) in [6.45, 7) is 0. The standard InChI is InChI=1S/C12H11F2N5O2/c1-19-11(21)8(9(15)18-12(19)16)17-10(20)6-3-2-5(13)4-7(6)14/h2-4H,15H2,1H3,(H2,16,18)(H,17,20). The minimum atomic E-state index is -1.06. The van der Waals surface area contributed by atoms with E-state index < -0.39 is 28.7 Å². The summed E-state index contributed by atoms with van der Waals surface area (Å²) in [6.07, 6.45) is 0. The fourth-order valence-electron chi connectivity index (χ4n) is 1.61. The SMILES string of the molecule is Cn1c(N)nc(N)c(NC(=O)c2ccc(F)cc2F)c1=O. The lowest BCUT2D eigenvalue weighted by Crippen LogP contribution is -2.28. The van der Waals surface area contributed by atoms with E-state index in [9.17, 15) is 18.4 Å². The first-order chi connectivity index (χ1) is 9.81. The number of carbonyl (C=O) groups is 1. The number of nitrogens with one attached hydrogen (secondary N) is 1. The van der Waals surface area contributed by atoms with Gasteiger partial charge in [-0.1, -0.05) is 0 Å². The van der Waals surface area contributed by atoms with Gasteiger partial charge in [-0.15, -0.1) is 0 Å². The number of carbonyl (C=O) groups excluding carboxylic acids is 1. The summed E-state index contributed by atoms with van der Waals surface area (Å²) in [5.41, 5.74) is 9.47. The third kappa shape index (κ3) is 2.66. The van der Waals surface area contributed by atoms with E-state index in [1.54, 1.807) is 0 Å². The average molecular weight is 295 g/mol. The van der Waals surface area contributed by atoms with Gasteiger partial charge >= 0.3 is 0 Å². The number of nitrogens with zero attached hydrogens (tertiary/aromatic N) is 2. The van der Waals surface area contributed by atoms with Crippen LogP contribution in [0.4, 0.5) is 26.2 Å². The van der Waals surface area contributed by atoms with Crippen molar-refractivity contribution in [2.75, 3.05) is 16.8 Å². The van der Waals surface area contributed by atoms with Crippen LogP contribution >= 0.6 is 0 Å². The third-order valence-electron chi connectivity index (χ3n) is 2.77. The Balaban J connectivity index is 2.41. The predicted octanol–water partition coefficient (Wildman–Crippen LogP) is 0.475. The summed E-state index contributed by atoms with van der Waals surface area (Å²) in [6, 6.07) is 2.42. The van der Waals surface area contributed by atoms with Gasteiger partial charge < -0.3 is 16.8 Å². The molecule has 1 aromatic heterocycles. The molecule has 7 nitrogen and oxygen atoms in total. The molecule has 0 spiro atoms. The number of halogens is 2. The molecule has 0 saturated heterocycles. The van der Waals surface area contributed by atoms with Gasteiger partial charge in [-0.3, -0.25) is 14.2 Å². The highest BCUT2D eigenvalue weighted by Gasteiger charge is 2.17. The molecule has 0 radical (unpaired) electrons. The van der Waals surface area contributed by atoms with Crippen LogP contribution in [0.15, 0.2) is 23.0 Å². The van der Waals surface area contributed by atoms with Crippen molar-refractivity contribution in [3.05, 3.63) is 45.8 Å². The number of hydrogen-bond acceptors (Lipinski definition) is 5. The Bertz CT molecular complexity index is 788. The molecule has 0 aliphatic carbocycles. The number of benzene rings is 1. The number of rotatable bonds is 2. The molecule has 2 rings (SSSR count). The van der Waals surface area contributed by atoms with Crippen LogP contribution in [0.2, 0.25) is 0 Å². The predicted molar refractivity (Wildman–Crippen MR) is 72.6 cm³/mol. The van der Waals surface area contributed by atoms with Crippen molar-refractivity contribution >= 4 is 23.4 Å². The monoisotopic (exact) mass is 295 g/mol. The van der Waals surface area contributed by atoms with Crippen molar-refractivity contribution in [2.45, 2.75) is 0 Å². The molecular weight excluding hydrogens is 284 g/mol. The molecule has 5 N–H and O–H groups in total. The molecule has 2 aromatic rings. The maximum absolute atomic E-state index is 13.5.